The molecule has 0 aliphatic heterocycles. The summed E-state index contributed by atoms with van der Waals surface area (Å²) in [6.07, 6.45) is 5.71. The van der Waals surface area contributed by atoms with Crippen LogP contribution in [-0.2, 0) is 6.54 Å². The maximum absolute atomic E-state index is 13.1. The number of nitrogens with zero attached hydrogens (tertiary/aromatic N) is 4. The quantitative estimate of drug-likeness (QED) is 0.893. The lowest BCUT2D eigenvalue weighted by atomic mass is 10.0. The summed E-state index contributed by atoms with van der Waals surface area (Å²) >= 11 is 0. The summed E-state index contributed by atoms with van der Waals surface area (Å²) in [5, 5.41) is 10.5. The van der Waals surface area contributed by atoms with Crippen LogP contribution in [0.15, 0.2) is 30.9 Å². The van der Waals surface area contributed by atoms with Crippen LogP contribution in [-0.4, -0.2) is 31.9 Å². The molecule has 1 amide bonds. The Balaban J connectivity index is 2.06. The first-order chi connectivity index (χ1) is 9.56. The van der Waals surface area contributed by atoms with Crippen LogP contribution >= 0.6 is 0 Å². The molecule has 2 aromatic rings. The number of hydrogen-bond donors (Lipinski definition) is 1. The topological polar surface area (TPSA) is 72.7 Å². The lowest BCUT2D eigenvalue weighted by Crippen LogP contribution is -2.41. The monoisotopic (exact) mass is 277 g/mol. The van der Waals surface area contributed by atoms with Crippen molar-refractivity contribution in [2.75, 3.05) is 0 Å². The van der Waals surface area contributed by atoms with E-state index in [1.54, 1.807) is 17.1 Å². The first-order valence-corrected chi connectivity index (χ1v) is 6.32. The van der Waals surface area contributed by atoms with Crippen LogP contribution in [0.1, 0.15) is 24.2 Å². The van der Waals surface area contributed by atoms with Crippen molar-refractivity contribution < 1.29 is 9.18 Å². The molecule has 0 saturated carbocycles. The molecular weight excluding hydrogens is 261 g/mol. The maximum atomic E-state index is 13.1. The molecule has 0 saturated heterocycles. The second-order valence-electron chi connectivity index (χ2n) is 4.84. The zero-order valence-electron chi connectivity index (χ0n) is 11.3. The summed E-state index contributed by atoms with van der Waals surface area (Å²) in [5.41, 5.74) is 0.203. The molecular formula is C13H16FN5O. The van der Waals surface area contributed by atoms with E-state index in [1.165, 1.54) is 6.20 Å². The molecule has 2 heterocycles. The molecule has 0 fully saturated rings. The fourth-order valence-electron chi connectivity index (χ4n) is 1.74. The van der Waals surface area contributed by atoms with Gasteiger partial charge < -0.3 is 5.32 Å². The van der Waals surface area contributed by atoms with Crippen LogP contribution in [0.3, 0.4) is 0 Å². The lowest BCUT2D eigenvalue weighted by molar-refractivity contribution is 0.0918. The third-order valence-corrected chi connectivity index (χ3v) is 2.94. The molecule has 6 nitrogen and oxygen atoms in total. The average molecular weight is 277 g/mol. The molecule has 0 unspecified atom stereocenters. The van der Waals surface area contributed by atoms with Crippen molar-refractivity contribution in [1.29, 1.82) is 0 Å². The first kappa shape index (κ1) is 14.1. The smallest absolute Gasteiger partial charge is 0.253 e. The Morgan fingerprint density at radius 2 is 2.25 bits per heavy atom. The molecule has 0 spiro atoms. The summed E-state index contributed by atoms with van der Waals surface area (Å²) in [6, 6.07) is 1.03. The van der Waals surface area contributed by atoms with Gasteiger partial charge in [-0.1, -0.05) is 19.1 Å². The Morgan fingerprint density at radius 3 is 2.85 bits per heavy atom. The first-order valence-electron chi connectivity index (χ1n) is 6.32. The van der Waals surface area contributed by atoms with Gasteiger partial charge >= 0.3 is 0 Å². The van der Waals surface area contributed by atoms with Crippen molar-refractivity contribution in [3.63, 3.8) is 0 Å². The Morgan fingerprint density at radius 1 is 1.45 bits per heavy atom. The van der Waals surface area contributed by atoms with Crippen molar-refractivity contribution in [2.45, 2.75) is 26.4 Å². The fraction of sp³-hybridized carbons (Fsp3) is 0.385. The largest absolute Gasteiger partial charge is 0.347 e. The van der Waals surface area contributed by atoms with E-state index >= 15 is 0 Å². The van der Waals surface area contributed by atoms with Crippen LogP contribution in [0.5, 0.6) is 0 Å². The van der Waals surface area contributed by atoms with Crippen molar-refractivity contribution in [2.24, 2.45) is 5.92 Å². The van der Waals surface area contributed by atoms with E-state index in [9.17, 15) is 9.18 Å². The highest BCUT2D eigenvalue weighted by atomic mass is 19.1. The van der Waals surface area contributed by atoms with Gasteiger partial charge in [-0.3, -0.25) is 14.5 Å². The minimum absolute atomic E-state index is 0.132. The number of halogens is 1. The van der Waals surface area contributed by atoms with Crippen LogP contribution in [0.25, 0.3) is 0 Å². The van der Waals surface area contributed by atoms with Crippen LogP contribution in [0.4, 0.5) is 4.39 Å². The lowest BCUT2D eigenvalue weighted by Gasteiger charge is -2.22. The van der Waals surface area contributed by atoms with E-state index in [0.717, 1.165) is 12.3 Å². The normalized spacial score (nSPS) is 12.4. The Hall–Kier alpha value is -2.31. The Bertz CT molecular complexity index is 570. The van der Waals surface area contributed by atoms with Crippen molar-refractivity contribution in [1.82, 2.24) is 25.3 Å². The van der Waals surface area contributed by atoms with Crippen LogP contribution in [0, 0.1) is 11.7 Å². The van der Waals surface area contributed by atoms with Gasteiger partial charge in [0.15, 0.2) is 0 Å². The Labute approximate surface area is 116 Å². The molecule has 0 bridgehead atoms. The highest BCUT2D eigenvalue weighted by molar-refractivity contribution is 5.94. The number of hydrogen-bond acceptors (Lipinski definition) is 4. The minimum atomic E-state index is -0.532. The molecule has 2 aromatic heterocycles. The van der Waals surface area contributed by atoms with Gasteiger partial charge in [0.05, 0.1) is 30.5 Å². The SMILES string of the molecule is CC(C)[C@@H](Cn1ccnn1)NC(=O)c1cncc(F)c1. The van der Waals surface area contributed by atoms with Gasteiger partial charge in [0.2, 0.25) is 0 Å². The number of amides is 1. The molecule has 0 aliphatic carbocycles. The third-order valence-electron chi connectivity index (χ3n) is 2.94. The molecule has 7 heteroatoms. The zero-order valence-corrected chi connectivity index (χ0v) is 11.3. The molecule has 0 radical (unpaired) electrons. The van der Waals surface area contributed by atoms with E-state index in [-0.39, 0.29) is 23.4 Å². The van der Waals surface area contributed by atoms with Crippen molar-refractivity contribution in [3.8, 4) is 0 Å². The van der Waals surface area contributed by atoms with Gasteiger partial charge in [-0.25, -0.2) is 4.39 Å². The number of pyridine rings is 1. The molecule has 20 heavy (non-hydrogen) atoms. The fourth-order valence-corrected chi connectivity index (χ4v) is 1.74. The maximum Gasteiger partial charge on any atom is 0.253 e. The van der Waals surface area contributed by atoms with Crippen LogP contribution < -0.4 is 5.32 Å². The van der Waals surface area contributed by atoms with Gasteiger partial charge in [-0.2, -0.15) is 0 Å². The van der Waals surface area contributed by atoms with Gasteiger partial charge in [0.25, 0.3) is 5.91 Å². The molecule has 106 valence electrons. The molecule has 0 aliphatic rings. The predicted molar refractivity (Wildman–Crippen MR) is 70.3 cm³/mol. The standard InChI is InChI=1S/C13H16FN5O/c1-9(2)12(8-19-4-3-16-18-19)17-13(20)10-5-11(14)7-15-6-10/h3-7,9,12H,8H2,1-2H3,(H,17,20)/t12-/m1/s1. The van der Waals surface area contributed by atoms with Crippen molar-refractivity contribution in [3.05, 3.63) is 42.2 Å². The van der Waals surface area contributed by atoms with E-state index < -0.39 is 5.82 Å². The Kier molecular flexibility index (Phi) is 4.39. The van der Waals surface area contributed by atoms with Gasteiger partial charge in [0, 0.05) is 12.4 Å². The van der Waals surface area contributed by atoms with Gasteiger partial charge in [-0.05, 0) is 12.0 Å². The number of rotatable bonds is 5. The molecule has 2 rings (SSSR count). The van der Waals surface area contributed by atoms with Gasteiger partial charge in [-0.15, -0.1) is 5.10 Å². The zero-order chi connectivity index (χ0) is 14.5. The van der Waals surface area contributed by atoms with E-state index in [1.807, 2.05) is 13.8 Å². The predicted octanol–water partition coefficient (Wildman–Crippen LogP) is 1.27. The van der Waals surface area contributed by atoms with E-state index in [4.69, 9.17) is 0 Å². The third kappa shape index (κ3) is 3.59. The van der Waals surface area contributed by atoms with E-state index in [2.05, 4.69) is 20.6 Å². The second-order valence-corrected chi connectivity index (χ2v) is 4.84. The average Bonchev–Trinajstić information content (AvgIpc) is 2.90. The van der Waals surface area contributed by atoms with Crippen LogP contribution in [0.2, 0.25) is 0 Å². The summed E-state index contributed by atoms with van der Waals surface area (Å²) in [7, 11) is 0. The molecule has 1 atom stereocenters. The van der Waals surface area contributed by atoms with Gasteiger partial charge in [0.1, 0.15) is 5.82 Å². The summed E-state index contributed by atoms with van der Waals surface area (Å²) in [5.74, 6) is -0.685. The summed E-state index contributed by atoms with van der Waals surface area (Å²) < 4.78 is 14.7. The van der Waals surface area contributed by atoms with Crippen molar-refractivity contribution >= 4 is 5.91 Å². The minimum Gasteiger partial charge on any atom is -0.347 e. The molecule has 1 N–H and O–H groups in total. The summed E-state index contributed by atoms with van der Waals surface area (Å²) in [6.45, 7) is 4.49. The molecule has 0 aromatic carbocycles. The highest BCUT2D eigenvalue weighted by Crippen LogP contribution is 2.07. The second kappa shape index (κ2) is 6.23. The number of carbonyl (C=O) groups is 1. The highest BCUT2D eigenvalue weighted by Gasteiger charge is 2.18. The summed E-state index contributed by atoms with van der Waals surface area (Å²) in [4.78, 5) is 15.7. The van der Waals surface area contributed by atoms with E-state index in [0.29, 0.717) is 6.54 Å². The number of carbonyl (C=O) groups excluding carboxylic acids is 1. The number of aromatic nitrogens is 4. The number of nitrogens with one attached hydrogen (secondary N) is 1.